The van der Waals surface area contributed by atoms with Crippen molar-refractivity contribution in [2.45, 2.75) is 26.3 Å². The first kappa shape index (κ1) is 12.0. The summed E-state index contributed by atoms with van der Waals surface area (Å²) in [5.74, 6) is 0. The Morgan fingerprint density at radius 2 is 1.93 bits per heavy atom. The van der Waals surface area contributed by atoms with Crippen LogP contribution in [0.5, 0.6) is 0 Å². The molecule has 15 heavy (non-hydrogen) atoms. The van der Waals surface area contributed by atoms with Crippen LogP contribution in [0.25, 0.3) is 0 Å². The first-order valence-corrected chi connectivity index (χ1v) is 5.63. The molecule has 3 heteroatoms. The molecule has 0 saturated heterocycles. The third-order valence-corrected chi connectivity index (χ3v) is 2.74. The van der Waals surface area contributed by atoms with Crippen LogP contribution in [-0.2, 0) is 0 Å². The fourth-order valence-corrected chi connectivity index (χ4v) is 1.59. The van der Waals surface area contributed by atoms with Gasteiger partial charge in [-0.05, 0) is 31.1 Å². The predicted octanol–water partition coefficient (Wildman–Crippen LogP) is 2.54. The van der Waals surface area contributed by atoms with E-state index in [1.165, 1.54) is 11.1 Å². The van der Waals surface area contributed by atoms with E-state index in [1.807, 2.05) is 7.05 Å². The average molecular weight is 222 g/mol. The van der Waals surface area contributed by atoms with Crippen LogP contribution in [0.2, 0.25) is 0 Å². The fourth-order valence-electron chi connectivity index (χ4n) is 1.45. The second-order valence-electron chi connectivity index (χ2n) is 3.59. The Hall–Kier alpha value is -1.09. The molecule has 0 heterocycles. The predicted molar refractivity (Wildman–Crippen MR) is 69.0 cm³/mol. The van der Waals surface area contributed by atoms with Crippen LogP contribution < -0.4 is 10.6 Å². The van der Waals surface area contributed by atoms with Crippen LogP contribution in [-0.4, -0.2) is 12.2 Å². The first-order chi connectivity index (χ1) is 7.17. The molecule has 0 saturated carbocycles. The lowest BCUT2D eigenvalue weighted by atomic mass is 10.0. The summed E-state index contributed by atoms with van der Waals surface area (Å²) in [7, 11) is 1.83. The van der Waals surface area contributed by atoms with Gasteiger partial charge in [0.25, 0.3) is 0 Å². The van der Waals surface area contributed by atoms with E-state index in [4.69, 9.17) is 12.2 Å². The second kappa shape index (κ2) is 5.71. The lowest BCUT2D eigenvalue weighted by molar-refractivity contribution is 0.621. The van der Waals surface area contributed by atoms with Crippen LogP contribution in [0.3, 0.4) is 0 Å². The van der Waals surface area contributed by atoms with Gasteiger partial charge in [-0.15, -0.1) is 0 Å². The first-order valence-electron chi connectivity index (χ1n) is 5.22. The van der Waals surface area contributed by atoms with E-state index < -0.39 is 0 Å². The largest absolute Gasteiger partial charge is 0.366 e. The van der Waals surface area contributed by atoms with Crippen LogP contribution in [0.1, 0.15) is 30.5 Å². The molecule has 0 aliphatic rings. The third-order valence-electron chi connectivity index (χ3n) is 2.42. The zero-order valence-corrected chi connectivity index (χ0v) is 10.3. The van der Waals surface area contributed by atoms with E-state index >= 15 is 0 Å². The summed E-state index contributed by atoms with van der Waals surface area (Å²) in [6, 6.07) is 8.85. The summed E-state index contributed by atoms with van der Waals surface area (Å²) in [6.45, 7) is 4.24. The van der Waals surface area contributed by atoms with Crippen LogP contribution in [0.4, 0.5) is 0 Å². The van der Waals surface area contributed by atoms with Crippen LogP contribution in [0.15, 0.2) is 24.3 Å². The van der Waals surface area contributed by atoms with Crippen molar-refractivity contribution in [3.63, 3.8) is 0 Å². The van der Waals surface area contributed by atoms with Gasteiger partial charge in [-0.25, -0.2) is 0 Å². The van der Waals surface area contributed by atoms with Gasteiger partial charge in [0.15, 0.2) is 5.11 Å². The van der Waals surface area contributed by atoms with Crippen LogP contribution >= 0.6 is 12.2 Å². The minimum Gasteiger partial charge on any atom is -0.366 e. The summed E-state index contributed by atoms with van der Waals surface area (Å²) in [6.07, 6.45) is 1.02. The number of benzene rings is 1. The molecule has 0 radical (unpaired) electrons. The number of rotatable bonds is 3. The van der Waals surface area contributed by atoms with Crippen molar-refractivity contribution >= 4 is 17.3 Å². The molecule has 0 aromatic heterocycles. The minimum absolute atomic E-state index is 0.297. The van der Waals surface area contributed by atoms with Crippen molar-refractivity contribution in [1.29, 1.82) is 0 Å². The minimum atomic E-state index is 0.297. The molecule has 1 unspecified atom stereocenters. The second-order valence-corrected chi connectivity index (χ2v) is 4.00. The van der Waals surface area contributed by atoms with Crippen LogP contribution in [0, 0.1) is 6.92 Å². The average Bonchev–Trinajstić information content (AvgIpc) is 2.27. The maximum atomic E-state index is 5.10. The molecule has 2 nitrogen and oxygen atoms in total. The molecule has 0 aliphatic carbocycles. The zero-order chi connectivity index (χ0) is 11.3. The maximum Gasteiger partial charge on any atom is 0.166 e. The van der Waals surface area contributed by atoms with E-state index in [0.29, 0.717) is 11.2 Å². The summed E-state index contributed by atoms with van der Waals surface area (Å²) >= 11 is 5.10. The summed E-state index contributed by atoms with van der Waals surface area (Å²) in [5.41, 5.74) is 2.56. The summed E-state index contributed by atoms with van der Waals surface area (Å²) in [5, 5.41) is 6.90. The van der Waals surface area contributed by atoms with Gasteiger partial charge in [0.05, 0.1) is 6.04 Å². The van der Waals surface area contributed by atoms with Gasteiger partial charge in [-0.1, -0.05) is 36.8 Å². The number of hydrogen-bond acceptors (Lipinski definition) is 1. The molecule has 1 atom stereocenters. The fraction of sp³-hybridized carbons (Fsp3) is 0.417. The highest BCUT2D eigenvalue weighted by atomic mass is 32.1. The highest BCUT2D eigenvalue weighted by molar-refractivity contribution is 7.80. The molecule has 82 valence electrons. The number of hydrogen-bond donors (Lipinski definition) is 2. The maximum absolute atomic E-state index is 5.10. The standard InChI is InChI=1S/C12H18N2S/c1-4-11(14-12(15)13-3)10-7-5-9(2)6-8-10/h5-8,11H,4H2,1-3H3,(H2,13,14,15). The van der Waals surface area contributed by atoms with E-state index in [1.54, 1.807) is 0 Å². The van der Waals surface area contributed by atoms with Gasteiger partial charge in [0.2, 0.25) is 0 Å². The van der Waals surface area contributed by atoms with Crippen molar-refractivity contribution in [3.8, 4) is 0 Å². The monoisotopic (exact) mass is 222 g/mol. The normalized spacial score (nSPS) is 11.9. The quantitative estimate of drug-likeness (QED) is 0.769. The van der Waals surface area contributed by atoms with E-state index in [-0.39, 0.29) is 0 Å². The van der Waals surface area contributed by atoms with Gasteiger partial charge in [-0.2, -0.15) is 0 Å². The van der Waals surface area contributed by atoms with E-state index in [9.17, 15) is 0 Å². The molecule has 2 N–H and O–H groups in total. The number of nitrogens with one attached hydrogen (secondary N) is 2. The molecule has 0 spiro atoms. The molecule has 0 fully saturated rings. The third kappa shape index (κ3) is 3.51. The highest BCUT2D eigenvalue weighted by Gasteiger charge is 2.08. The van der Waals surface area contributed by atoms with Gasteiger partial charge in [0, 0.05) is 7.05 Å². The van der Waals surface area contributed by atoms with Gasteiger partial charge >= 0.3 is 0 Å². The van der Waals surface area contributed by atoms with Crippen molar-refractivity contribution in [2.75, 3.05) is 7.05 Å². The Balaban J connectivity index is 2.74. The Kier molecular flexibility index (Phi) is 4.56. The summed E-state index contributed by atoms with van der Waals surface area (Å²) < 4.78 is 0. The van der Waals surface area contributed by atoms with Crippen molar-refractivity contribution in [3.05, 3.63) is 35.4 Å². The van der Waals surface area contributed by atoms with E-state index in [2.05, 4.69) is 48.7 Å². The molecule has 0 aliphatic heterocycles. The molecular formula is C12H18N2S. The lowest BCUT2D eigenvalue weighted by Crippen LogP contribution is -2.35. The molecule has 1 rings (SSSR count). The number of thiocarbonyl (C=S) groups is 1. The lowest BCUT2D eigenvalue weighted by Gasteiger charge is -2.19. The van der Waals surface area contributed by atoms with Gasteiger partial charge in [-0.3, -0.25) is 0 Å². The highest BCUT2D eigenvalue weighted by Crippen LogP contribution is 2.16. The van der Waals surface area contributed by atoms with Crippen molar-refractivity contribution in [1.82, 2.24) is 10.6 Å². The molecule has 0 amide bonds. The molecule has 1 aromatic rings. The Bertz CT molecular complexity index is 319. The summed E-state index contributed by atoms with van der Waals surface area (Å²) in [4.78, 5) is 0. The SMILES string of the molecule is CCC(NC(=S)NC)c1ccc(C)cc1. The zero-order valence-electron chi connectivity index (χ0n) is 9.50. The number of aryl methyl sites for hydroxylation is 1. The Morgan fingerprint density at radius 1 is 1.33 bits per heavy atom. The molecule has 0 bridgehead atoms. The van der Waals surface area contributed by atoms with Crippen molar-refractivity contribution in [2.24, 2.45) is 0 Å². The van der Waals surface area contributed by atoms with E-state index in [0.717, 1.165) is 6.42 Å². The Labute approximate surface area is 97.1 Å². The molecular weight excluding hydrogens is 204 g/mol. The molecule has 1 aromatic carbocycles. The van der Waals surface area contributed by atoms with Gasteiger partial charge < -0.3 is 10.6 Å². The van der Waals surface area contributed by atoms with Crippen molar-refractivity contribution < 1.29 is 0 Å². The topological polar surface area (TPSA) is 24.1 Å². The van der Waals surface area contributed by atoms with Gasteiger partial charge in [0.1, 0.15) is 0 Å². The smallest absolute Gasteiger partial charge is 0.166 e. The Morgan fingerprint density at radius 3 is 2.40 bits per heavy atom.